The molecule has 80 valence electrons. The van der Waals surface area contributed by atoms with E-state index < -0.39 is 0 Å². The number of benzene rings is 1. The van der Waals surface area contributed by atoms with Gasteiger partial charge in [0.25, 0.3) is 0 Å². The molecule has 0 bridgehead atoms. The van der Waals surface area contributed by atoms with Gasteiger partial charge in [-0.15, -0.1) is 0 Å². The summed E-state index contributed by atoms with van der Waals surface area (Å²) in [7, 11) is 2.01. The third kappa shape index (κ3) is 1.77. The van der Waals surface area contributed by atoms with Crippen molar-refractivity contribution >= 4 is 21.5 Å². The van der Waals surface area contributed by atoms with Crippen LogP contribution < -0.4 is 5.32 Å². The predicted molar refractivity (Wildman–Crippen MR) is 69.0 cm³/mol. The highest BCUT2D eigenvalue weighted by molar-refractivity contribution is 9.10. The Morgan fingerprint density at radius 2 is 2.07 bits per heavy atom. The van der Waals surface area contributed by atoms with E-state index in [4.69, 9.17) is 0 Å². The second-order valence-electron chi connectivity index (χ2n) is 4.47. The molecule has 0 spiro atoms. The smallest absolute Gasteiger partial charge is 0.0378 e. The van der Waals surface area contributed by atoms with Crippen molar-refractivity contribution in [1.29, 1.82) is 0 Å². The van der Waals surface area contributed by atoms with Gasteiger partial charge in [-0.25, -0.2) is 0 Å². The number of likely N-dealkylation sites (N-methyl/N-ethyl adjacent to an activating group) is 1. The Labute approximate surface area is 99.7 Å². The number of halogens is 1. The first-order valence-corrected chi connectivity index (χ1v) is 6.03. The van der Waals surface area contributed by atoms with E-state index in [0.717, 1.165) is 6.42 Å². The van der Waals surface area contributed by atoms with Gasteiger partial charge in [0.1, 0.15) is 0 Å². The maximum Gasteiger partial charge on any atom is 0.0378 e. The number of hydrogen-bond acceptors (Lipinski definition) is 1. The average Bonchev–Trinajstić information content (AvgIpc) is 2.63. The summed E-state index contributed by atoms with van der Waals surface area (Å²) in [5, 5.41) is 3.36. The Balaban J connectivity index is 2.51. The summed E-state index contributed by atoms with van der Waals surface area (Å²) in [6.45, 7) is 4.43. The summed E-state index contributed by atoms with van der Waals surface area (Å²) >= 11 is 3.64. The van der Waals surface area contributed by atoms with Crippen LogP contribution in [0.4, 0.5) is 0 Å². The zero-order valence-electron chi connectivity index (χ0n) is 9.39. The van der Waals surface area contributed by atoms with Gasteiger partial charge in [0, 0.05) is 10.0 Å². The maximum atomic E-state index is 3.64. The maximum absolute atomic E-state index is 3.64. The number of nitrogens with one attached hydrogen (secondary N) is 1. The van der Waals surface area contributed by atoms with Crippen molar-refractivity contribution in [2.45, 2.75) is 25.8 Å². The van der Waals surface area contributed by atoms with Crippen LogP contribution in [0.2, 0.25) is 0 Å². The van der Waals surface area contributed by atoms with Crippen molar-refractivity contribution in [3.05, 3.63) is 39.9 Å². The van der Waals surface area contributed by atoms with Crippen LogP contribution in [0.25, 0.3) is 5.57 Å². The summed E-state index contributed by atoms with van der Waals surface area (Å²) in [6, 6.07) is 6.42. The van der Waals surface area contributed by atoms with E-state index >= 15 is 0 Å². The Hall–Kier alpha value is -0.600. The van der Waals surface area contributed by atoms with Gasteiger partial charge in [-0.1, -0.05) is 34.1 Å². The lowest BCUT2D eigenvalue weighted by molar-refractivity contribution is 0.545. The zero-order valence-corrected chi connectivity index (χ0v) is 11.0. The molecule has 1 aromatic rings. The molecule has 0 aliphatic heterocycles. The Morgan fingerprint density at radius 1 is 1.33 bits per heavy atom. The molecule has 1 N–H and O–H groups in total. The molecule has 0 saturated carbocycles. The first-order valence-electron chi connectivity index (χ1n) is 5.23. The van der Waals surface area contributed by atoms with Crippen molar-refractivity contribution in [3.8, 4) is 0 Å². The van der Waals surface area contributed by atoms with Crippen molar-refractivity contribution in [1.82, 2.24) is 5.32 Å². The summed E-state index contributed by atoms with van der Waals surface area (Å²) in [5.74, 6) is 0. The average molecular weight is 266 g/mol. The lowest BCUT2D eigenvalue weighted by Gasteiger charge is -2.27. The van der Waals surface area contributed by atoms with Crippen molar-refractivity contribution in [3.63, 3.8) is 0 Å². The van der Waals surface area contributed by atoms with Gasteiger partial charge >= 0.3 is 0 Å². The van der Waals surface area contributed by atoms with Crippen LogP contribution in [-0.4, -0.2) is 12.6 Å². The number of hydrogen-bond donors (Lipinski definition) is 1. The number of rotatable bonds is 2. The van der Waals surface area contributed by atoms with Gasteiger partial charge in [0.05, 0.1) is 0 Å². The quantitative estimate of drug-likeness (QED) is 0.865. The van der Waals surface area contributed by atoms with Crippen molar-refractivity contribution in [2.75, 3.05) is 7.05 Å². The van der Waals surface area contributed by atoms with E-state index in [0.29, 0.717) is 0 Å². The molecule has 0 unspecified atom stereocenters. The first kappa shape index (κ1) is 10.9. The molecular formula is C13H16BrN. The van der Waals surface area contributed by atoms with Crippen LogP contribution in [0.15, 0.2) is 28.7 Å². The molecular weight excluding hydrogens is 250 g/mol. The monoisotopic (exact) mass is 265 g/mol. The van der Waals surface area contributed by atoms with Crippen LogP contribution >= 0.6 is 15.9 Å². The summed E-state index contributed by atoms with van der Waals surface area (Å²) in [5.41, 5.74) is 4.22. The summed E-state index contributed by atoms with van der Waals surface area (Å²) in [6.07, 6.45) is 3.38. The largest absolute Gasteiger partial charge is 0.311 e. The van der Waals surface area contributed by atoms with Crippen LogP contribution in [0.5, 0.6) is 0 Å². The van der Waals surface area contributed by atoms with Crippen LogP contribution in [-0.2, 0) is 6.42 Å². The van der Waals surface area contributed by atoms with E-state index in [1.54, 1.807) is 0 Å². The van der Waals surface area contributed by atoms with E-state index in [2.05, 4.69) is 59.4 Å². The van der Waals surface area contributed by atoms with Crippen molar-refractivity contribution < 1.29 is 0 Å². The topological polar surface area (TPSA) is 12.0 Å². The molecule has 0 atom stereocenters. The van der Waals surface area contributed by atoms with Crippen LogP contribution in [0.3, 0.4) is 0 Å². The fourth-order valence-electron chi connectivity index (χ4n) is 2.06. The van der Waals surface area contributed by atoms with Gasteiger partial charge in [-0.05, 0) is 50.1 Å². The minimum absolute atomic E-state index is 0.0368. The third-order valence-electron chi connectivity index (χ3n) is 3.19. The van der Waals surface area contributed by atoms with E-state index in [9.17, 15) is 0 Å². The van der Waals surface area contributed by atoms with Gasteiger partial charge in [0.15, 0.2) is 0 Å². The molecule has 1 aromatic carbocycles. The fraction of sp³-hybridized carbons (Fsp3) is 0.385. The molecule has 1 aliphatic rings. The van der Waals surface area contributed by atoms with E-state index in [-0.39, 0.29) is 5.54 Å². The Bertz CT molecular complexity index is 419. The zero-order chi connectivity index (χ0) is 11.1. The third-order valence-corrected chi connectivity index (χ3v) is 3.85. The number of fused-ring (bicyclic) bond motifs is 1. The SMILES string of the molecule is CNC(C)(C)C1=CCc2cccc(Br)c21. The van der Waals surface area contributed by atoms with Crippen LogP contribution in [0.1, 0.15) is 25.0 Å². The van der Waals surface area contributed by atoms with Gasteiger partial charge in [0.2, 0.25) is 0 Å². The summed E-state index contributed by atoms with van der Waals surface area (Å²) < 4.78 is 1.20. The number of allylic oxidation sites excluding steroid dienone is 1. The molecule has 0 amide bonds. The molecule has 0 fully saturated rings. The molecule has 1 aliphatic carbocycles. The molecule has 0 aromatic heterocycles. The standard InChI is InChI=1S/C13H16BrN/c1-13(2,15-3)10-8-7-9-5-4-6-11(14)12(9)10/h4-6,8,15H,7H2,1-3H3. The van der Waals surface area contributed by atoms with Gasteiger partial charge < -0.3 is 5.32 Å². The Kier molecular flexibility index (Phi) is 2.73. The molecule has 2 rings (SSSR count). The summed E-state index contributed by atoms with van der Waals surface area (Å²) in [4.78, 5) is 0. The highest BCUT2D eigenvalue weighted by Crippen LogP contribution is 2.39. The molecule has 1 nitrogen and oxygen atoms in total. The van der Waals surface area contributed by atoms with Crippen LogP contribution in [0, 0.1) is 0 Å². The minimum Gasteiger partial charge on any atom is -0.311 e. The van der Waals surface area contributed by atoms with E-state index in [1.807, 2.05) is 7.05 Å². The highest BCUT2D eigenvalue weighted by Gasteiger charge is 2.28. The molecule has 0 heterocycles. The Morgan fingerprint density at radius 3 is 2.73 bits per heavy atom. The molecule has 2 heteroatoms. The van der Waals surface area contributed by atoms with E-state index in [1.165, 1.54) is 21.2 Å². The second kappa shape index (κ2) is 3.76. The van der Waals surface area contributed by atoms with Crippen molar-refractivity contribution in [2.24, 2.45) is 0 Å². The molecule has 0 radical (unpaired) electrons. The highest BCUT2D eigenvalue weighted by atomic mass is 79.9. The first-order chi connectivity index (χ1) is 7.06. The molecule has 0 saturated heterocycles. The minimum atomic E-state index is 0.0368. The second-order valence-corrected chi connectivity index (χ2v) is 5.33. The lowest BCUT2D eigenvalue weighted by Crippen LogP contribution is -2.37. The van der Waals surface area contributed by atoms with Gasteiger partial charge in [-0.2, -0.15) is 0 Å². The predicted octanol–water partition coefficient (Wildman–Crippen LogP) is 3.39. The lowest BCUT2D eigenvalue weighted by atomic mass is 9.90. The fourth-order valence-corrected chi connectivity index (χ4v) is 2.68. The normalized spacial score (nSPS) is 15.1. The van der Waals surface area contributed by atoms with Gasteiger partial charge in [-0.3, -0.25) is 0 Å². The molecule has 15 heavy (non-hydrogen) atoms.